The molecule has 2 heterocycles. The monoisotopic (exact) mass is 310 g/mol. The Morgan fingerprint density at radius 2 is 1.42 bits per heavy atom. The van der Waals surface area contributed by atoms with E-state index in [-0.39, 0.29) is 0 Å². The molecule has 0 saturated heterocycles. The molecule has 0 aliphatic heterocycles. The molecule has 2 aromatic carbocycles. The number of pyridine rings is 1. The topological polar surface area (TPSA) is 51.6 Å². The molecule has 0 N–H and O–H groups in total. The summed E-state index contributed by atoms with van der Waals surface area (Å²) in [5, 5.41) is 8.18. The van der Waals surface area contributed by atoms with Crippen molar-refractivity contribution in [2.45, 2.75) is 0 Å². The SMILES string of the molecule is c1ccc(-c2cccc(-c3cnnc(-c4ccccn4)n3)c2)cc1. The summed E-state index contributed by atoms with van der Waals surface area (Å²) in [7, 11) is 0. The molecule has 0 aliphatic carbocycles. The van der Waals surface area contributed by atoms with Crippen LogP contribution in [0.2, 0.25) is 0 Å². The summed E-state index contributed by atoms with van der Waals surface area (Å²) in [6.07, 6.45) is 3.40. The number of aromatic nitrogens is 4. The van der Waals surface area contributed by atoms with E-state index < -0.39 is 0 Å². The molecule has 0 radical (unpaired) electrons. The highest BCUT2D eigenvalue weighted by Gasteiger charge is 2.07. The Morgan fingerprint density at radius 1 is 0.625 bits per heavy atom. The second-order valence-electron chi connectivity index (χ2n) is 5.33. The average Bonchev–Trinajstić information content (AvgIpc) is 2.70. The van der Waals surface area contributed by atoms with Crippen molar-refractivity contribution in [2.75, 3.05) is 0 Å². The number of hydrogen-bond donors (Lipinski definition) is 0. The molecule has 24 heavy (non-hydrogen) atoms. The molecule has 4 nitrogen and oxygen atoms in total. The quantitative estimate of drug-likeness (QED) is 0.567. The molecular weight excluding hydrogens is 296 g/mol. The second kappa shape index (κ2) is 6.38. The molecule has 0 amide bonds. The van der Waals surface area contributed by atoms with Crippen molar-refractivity contribution in [1.29, 1.82) is 0 Å². The Morgan fingerprint density at radius 3 is 2.25 bits per heavy atom. The van der Waals surface area contributed by atoms with Gasteiger partial charge in [0.05, 0.1) is 11.9 Å². The third kappa shape index (κ3) is 2.90. The van der Waals surface area contributed by atoms with E-state index in [1.165, 1.54) is 5.56 Å². The first-order valence-corrected chi connectivity index (χ1v) is 7.67. The van der Waals surface area contributed by atoms with Gasteiger partial charge < -0.3 is 0 Å². The molecule has 0 spiro atoms. The lowest BCUT2D eigenvalue weighted by Gasteiger charge is -2.06. The Labute approximate surface area is 139 Å². The van der Waals surface area contributed by atoms with Crippen molar-refractivity contribution in [3.8, 4) is 33.9 Å². The highest BCUT2D eigenvalue weighted by Crippen LogP contribution is 2.25. The van der Waals surface area contributed by atoms with E-state index >= 15 is 0 Å². The van der Waals surface area contributed by atoms with Crippen LogP contribution in [0.25, 0.3) is 33.9 Å². The van der Waals surface area contributed by atoms with E-state index in [0.717, 1.165) is 16.8 Å². The van der Waals surface area contributed by atoms with Crippen molar-refractivity contribution in [3.63, 3.8) is 0 Å². The first-order valence-electron chi connectivity index (χ1n) is 7.67. The van der Waals surface area contributed by atoms with Crippen LogP contribution in [-0.4, -0.2) is 20.2 Å². The van der Waals surface area contributed by atoms with Gasteiger partial charge in [0.1, 0.15) is 5.69 Å². The Balaban J connectivity index is 1.75. The summed E-state index contributed by atoms with van der Waals surface area (Å²) in [5.74, 6) is 0.526. The molecule has 0 unspecified atom stereocenters. The lowest BCUT2D eigenvalue weighted by atomic mass is 10.0. The molecule has 4 heteroatoms. The van der Waals surface area contributed by atoms with Gasteiger partial charge in [-0.3, -0.25) is 4.98 Å². The minimum Gasteiger partial charge on any atom is -0.253 e. The van der Waals surface area contributed by atoms with Crippen LogP contribution < -0.4 is 0 Å². The maximum absolute atomic E-state index is 4.61. The maximum atomic E-state index is 4.61. The first-order chi connectivity index (χ1) is 11.9. The molecular formula is C20H14N4. The molecule has 0 saturated carbocycles. The summed E-state index contributed by atoms with van der Waals surface area (Å²) in [4.78, 5) is 8.90. The summed E-state index contributed by atoms with van der Waals surface area (Å²) < 4.78 is 0. The van der Waals surface area contributed by atoms with Gasteiger partial charge in [0, 0.05) is 11.8 Å². The van der Waals surface area contributed by atoms with Gasteiger partial charge in [-0.25, -0.2) is 4.98 Å². The van der Waals surface area contributed by atoms with Crippen molar-refractivity contribution in [2.24, 2.45) is 0 Å². The predicted octanol–water partition coefficient (Wildman–Crippen LogP) is 4.27. The average molecular weight is 310 g/mol. The number of nitrogens with zero attached hydrogens (tertiary/aromatic N) is 4. The molecule has 0 bridgehead atoms. The van der Waals surface area contributed by atoms with Crippen molar-refractivity contribution >= 4 is 0 Å². The van der Waals surface area contributed by atoms with Crippen LogP contribution >= 0.6 is 0 Å². The third-order valence-electron chi connectivity index (χ3n) is 3.72. The fourth-order valence-electron chi connectivity index (χ4n) is 2.53. The summed E-state index contributed by atoms with van der Waals surface area (Å²) in [6, 6.07) is 24.2. The van der Waals surface area contributed by atoms with Crippen LogP contribution in [0.15, 0.2) is 85.2 Å². The molecule has 0 fully saturated rings. The van der Waals surface area contributed by atoms with E-state index in [4.69, 9.17) is 0 Å². The zero-order chi connectivity index (χ0) is 16.2. The van der Waals surface area contributed by atoms with Gasteiger partial charge in [-0.15, -0.1) is 5.10 Å². The smallest absolute Gasteiger partial charge is 0.200 e. The van der Waals surface area contributed by atoms with Crippen LogP contribution in [0.3, 0.4) is 0 Å². The van der Waals surface area contributed by atoms with Crippen molar-refractivity contribution in [1.82, 2.24) is 20.2 Å². The zero-order valence-corrected chi connectivity index (χ0v) is 12.9. The van der Waals surface area contributed by atoms with Crippen LogP contribution in [0.4, 0.5) is 0 Å². The fourth-order valence-corrected chi connectivity index (χ4v) is 2.53. The minimum absolute atomic E-state index is 0.526. The molecule has 4 aromatic rings. The lowest BCUT2D eigenvalue weighted by molar-refractivity contribution is 0.975. The number of hydrogen-bond acceptors (Lipinski definition) is 4. The van der Waals surface area contributed by atoms with E-state index in [2.05, 4.69) is 44.4 Å². The van der Waals surface area contributed by atoms with Crippen LogP contribution in [0.5, 0.6) is 0 Å². The van der Waals surface area contributed by atoms with E-state index in [0.29, 0.717) is 11.5 Å². The fraction of sp³-hybridized carbons (Fsp3) is 0. The molecule has 4 rings (SSSR count). The Hall–Kier alpha value is -3.40. The van der Waals surface area contributed by atoms with Crippen molar-refractivity contribution in [3.05, 3.63) is 85.2 Å². The highest BCUT2D eigenvalue weighted by atomic mass is 15.1. The number of rotatable bonds is 3. The minimum atomic E-state index is 0.526. The van der Waals surface area contributed by atoms with Gasteiger partial charge in [0.2, 0.25) is 5.82 Å². The molecule has 114 valence electrons. The van der Waals surface area contributed by atoms with Crippen LogP contribution in [-0.2, 0) is 0 Å². The molecule has 0 aliphatic rings. The molecule has 2 aromatic heterocycles. The van der Waals surface area contributed by atoms with Gasteiger partial charge in [0.15, 0.2) is 0 Å². The zero-order valence-electron chi connectivity index (χ0n) is 12.9. The first kappa shape index (κ1) is 14.2. The second-order valence-corrected chi connectivity index (χ2v) is 5.33. The van der Waals surface area contributed by atoms with Gasteiger partial charge in [-0.1, -0.05) is 54.6 Å². The van der Waals surface area contributed by atoms with Gasteiger partial charge in [-0.2, -0.15) is 5.10 Å². The standard InChI is InChI=1S/C20H14N4/c1-2-7-15(8-3-1)16-9-6-10-17(13-16)19-14-22-24-20(23-19)18-11-4-5-12-21-18/h1-14H. The normalized spacial score (nSPS) is 10.5. The number of benzene rings is 2. The van der Waals surface area contributed by atoms with Gasteiger partial charge in [-0.05, 0) is 29.3 Å². The maximum Gasteiger partial charge on any atom is 0.200 e. The van der Waals surface area contributed by atoms with Crippen LogP contribution in [0, 0.1) is 0 Å². The Bertz CT molecular complexity index is 872. The summed E-state index contributed by atoms with van der Waals surface area (Å²) in [6.45, 7) is 0. The van der Waals surface area contributed by atoms with Crippen molar-refractivity contribution < 1.29 is 0 Å². The summed E-state index contributed by atoms with van der Waals surface area (Å²) in [5.41, 5.74) is 4.82. The van der Waals surface area contributed by atoms with E-state index in [1.807, 2.05) is 48.5 Å². The largest absolute Gasteiger partial charge is 0.253 e. The highest BCUT2D eigenvalue weighted by molar-refractivity contribution is 5.71. The third-order valence-corrected chi connectivity index (χ3v) is 3.72. The Kier molecular flexibility index (Phi) is 3.78. The van der Waals surface area contributed by atoms with E-state index in [1.54, 1.807) is 12.4 Å². The van der Waals surface area contributed by atoms with Gasteiger partial charge in [0.25, 0.3) is 0 Å². The lowest BCUT2D eigenvalue weighted by Crippen LogP contribution is -1.96. The molecule has 0 atom stereocenters. The predicted molar refractivity (Wildman–Crippen MR) is 93.9 cm³/mol. The van der Waals surface area contributed by atoms with E-state index in [9.17, 15) is 0 Å². The van der Waals surface area contributed by atoms with Gasteiger partial charge >= 0.3 is 0 Å². The summed E-state index contributed by atoms with van der Waals surface area (Å²) >= 11 is 0. The van der Waals surface area contributed by atoms with Crippen LogP contribution in [0.1, 0.15) is 0 Å².